The van der Waals surface area contributed by atoms with Crippen molar-refractivity contribution in [2.45, 2.75) is 31.2 Å². The third kappa shape index (κ3) is 3.91. The van der Waals surface area contributed by atoms with Crippen molar-refractivity contribution < 1.29 is 14.0 Å². The van der Waals surface area contributed by atoms with Gasteiger partial charge in [-0.2, -0.15) is 4.98 Å². The number of hydrogen-bond acceptors (Lipinski definition) is 6. The zero-order chi connectivity index (χ0) is 17.7. The van der Waals surface area contributed by atoms with Gasteiger partial charge >= 0.3 is 0 Å². The Balaban J connectivity index is 1.73. The van der Waals surface area contributed by atoms with Gasteiger partial charge in [0.25, 0.3) is 5.89 Å². The summed E-state index contributed by atoms with van der Waals surface area (Å²) in [4.78, 5) is 4.42. The van der Waals surface area contributed by atoms with Crippen LogP contribution in [0, 0.1) is 0 Å². The predicted octanol–water partition coefficient (Wildman–Crippen LogP) is 3.54. The minimum absolute atomic E-state index is 0.428. The van der Waals surface area contributed by atoms with E-state index in [1.54, 1.807) is 19.3 Å². The summed E-state index contributed by atoms with van der Waals surface area (Å²) in [6.07, 6.45) is 9.36. The molecule has 0 bridgehead atoms. The second kappa shape index (κ2) is 7.53. The molecule has 1 aromatic heterocycles. The fourth-order valence-corrected chi connectivity index (χ4v) is 2.96. The number of nitrogens with two attached hydrogens (primary N) is 1. The Bertz CT molecular complexity index is 761. The highest BCUT2D eigenvalue weighted by Gasteiger charge is 2.35. The van der Waals surface area contributed by atoms with E-state index in [1.807, 2.05) is 24.3 Å². The van der Waals surface area contributed by atoms with Crippen LogP contribution >= 0.6 is 0 Å². The molecule has 6 heteroatoms. The Morgan fingerprint density at radius 3 is 2.80 bits per heavy atom. The highest BCUT2D eigenvalue weighted by atomic mass is 16.5. The summed E-state index contributed by atoms with van der Waals surface area (Å²) in [5.41, 5.74) is 6.84. The first-order chi connectivity index (χ1) is 12.1. The monoisotopic (exact) mass is 341 g/mol. The maximum atomic E-state index is 6.35. The molecule has 0 atom stereocenters. The van der Waals surface area contributed by atoms with Crippen LogP contribution in [0.4, 0.5) is 0 Å². The molecule has 1 aliphatic rings. The molecule has 3 rings (SSSR count). The van der Waals surface area contributed by atoms with E-state index in [-0.39, 0.29) is 0 Å². The van der Waals surface area contributed by atoms with Gasteiger partial charge in [0.2, 0.25) is 0 Å². The molecular weight excluding hydrogens is 318 g/mol. The normalized spacial score (nSPS) is 16.2. The van der Waals surface area contributed by atoms with Gasteiger partial charge in [-0.1, -0.05) is 36.7 Å². The third-order valence-corrected chi connectivity index (χ3v) is 4.35. The van der Waals surface area contributed by atoms with E-state index in [1.165, 1.54) is 0 Å². The molecule has 1 aliphatic carbocycles. The van der Waals surface area contributed by atoms with E-state index in [0.717, 1.165) is 31.2 Å². The van der Waals surface area contributed by atoms with E-state index in [0.29, 0.717) is 29.8 Å². The van der Waals surface area contributed by atoms with Crippen LogP contribution in [-0.2, 0) is 5.54 Å². The van der Waals surface area contributed by atoms with Crippen molar-refractivity contribution in [2.75, 3.05) is 13.7 Å². The first-order valence-electron chi connectivity index (χ1n) is 8.37. The summed E-state index contributed by atoms with van der Waals surface area (Å²) in [6, 6.07) is 5.67. The molecule has 132 valence electrons. The van der Waals surface area contributed by atoms with E-state index >= 15 is 0 Å². The number of hydrogen-bond donors (Lipinski definition) is 1. The summed E-state index contributed by atoms with van der Waals surface area (Å²) in [5, 5.41) is 4.05. The lowest BCUT2D eigenvalue weighted by molar-refractivity contribution is 0.326. The van der Waals surface area contributed by atoms with Gasteiger partial charge in [0.15, 0.2) is 17.3 Å². The number of rotatable bonds is 7. The second-order valence-corrected chi connectivity index (χ2v) is 6.16. The van der Waals surface area contributed by atoms with E-state index in [4.69, 9.17) is 19.7 Å². The summed E-state index contributed by atoms with van der Waals surface area (Å²) >= 11 is 0. The number of benzene rings is 1. The molecule has 25 heavy (non-hydrogen) atoms. The van der Waals surface area contributed by atoms with E-state index in [2.05, 4.69) is 16.7 Å². The third-order valence-electron chi connectivity index (χ3n) is 4.35. The van der Waals surface area contributed by atoms with Crippen molar-refractivity contribution in [3.8, 4) is 11.5 Å². The molecule has 1 aromatic carbocycles. The quantitative estimate of drug-likeness (QED) is 0.776. The zero-order valence-corrected chi connectivity index (χ0v) is 14.4. The molecule has 1 saturated carbocycles. The van der Waals surface area contributed by atoms with Crippen LogP contribution in [0.5, 0.6) is 11.5 Å². The topological polar surface area (TPSA) is 83.4 Å². The molecule has 2 N–H and O–H groups in total. The van der Waals surface area contributed by atoms with Crippen LogP contribution in [0.2, 0.25) is 0 Å². The molecular formula is C19H23N3O3. The van der Waals surface area contributed by atoms with Crippen molar-refractivity contribution in [2.24, 2.45) is 5.73 Å². The summed E-state index contributed by atoms with van der Waals surface area (Å²) in [6.45, 7) is 4.07. The SMILES string of the molecule is C=CCOc1ccc(/C=C/c2nc(C3(N)CCCC3)no2)cc1OC. The predicted molar refractivity (Wildman–Crippen MR) is 96.2 cm³/mol. The molecule has 1 heterocycles. The highest BCUT2D eigenvalue weighted by Crippen LogP contribution is 2.34. The lowest BCUT2D eigenvalue weighted by Crippen LogP contribution is -2.34. The minimum atomic E-state index is -0.442. The minimum Gasteiger partial charge on any atom is -0.493 e. The number of aromatic nitrogens is 2. The van der Waals surface area contributed by atoms with Gasteiger partial charge in [-0.25, -0.2) is 0 Å². The van der Waals surface area contributed by atoms with Crippen molar-refractivity contribution in [1.82, 2.24) is 10.1 Å². The number of ether oxygens (including phenoxy) is 2. The van der Waals surface area contributed by atoms with Crippen LogP contribution in [0.1, 0.15) is 43.0 Å². The Morgan fingerprint density at radius 2 is 2.08 bits per heavy atom. The van der Waals surface area contributed by atoms with Gasteiger partial charge in [-0.05, 0) is 36.6 Å². The molecule has 1 fully saturated rings. The summed E-state index contributed by atoms with van der Waals surface area (Å²) in [5.74, 6) is 2.36. The van der Waals surface area contributed by atoms with Gasteiger partial charge in [-0.15, -0.1) is 0 Å². The molecule has 0 amide bonds. The lowest BCUT2D eigenvalue weighted by Gasteiger charge is -2.17. The Kier molecular flexibility index (Phi) is 5.19. The molecule has 0 radical (unpaired) electrons. The average Bonchev–Trinajstić information content (AvgIpc) is 3.28. The van der Waals surface area contributed by atoms with E-state index in [9.17, 15) is 0 Å². The maximum absolute atomic E-state index is 6.35. The first-order valence-corrected chi connectivity index (χ1v) is 8.37. The molecule has 2 aromatic rings. The maximum Gasteiger partial charge on any atom is 0.250 e. The standard InChI is InChI=1S/C19H23N3O3/c1-3-12-24-15-8-6-14(13-16(15)23-2)7-9-17-21-18(22-25-17)19(20)10-4-5-11-19/h3,6-9,13H,1,4-5,10-12,20H2,2H3/b9-7+. The van der Waals surface area contributed by atoms with Gasteiger partial charge in [0.1, 0.15) is 6.61 Å². The summed E-state index contributed by atoms with van der Waals surface area (Å²) < 4.78 is 16.2. The van der Waals surface area contributed by atoms with Crippen LogP contribution < -0.4 is 15.2 Å². The van der Waals surface area contributed by atoms with Crippen molar-refractivity contribution >= 4 is 12.2 Å². The summed E-state index contributed by atoms with van der Waals surface area (Å²) in [7, 11) is 1.61. The van der Waals surface area contributed by atoms with Gasteiger partial charge in [0, 0.05) is 6.08 Å². The molecule has 6 nitrogen and oxygen atoms in total. The molecule has 0 aliphatic heterocycles. The Labute approximate surface area is 147 Å². The van der Waals surface area contributed by atoms with E-state index < -0.39 is 5.54 Å². The average molecular weight is 341 g/mol. The first kappa shape index (κ1) is 17.2. The fraction of sp³-hybridized carbons (Fsp3) is 0.368. The molecule has 0 saturated heterocycles. The number of methoxy groups -OCH3 is 1. The van der Waals surface area contributed by atoms with Gasteiger partial charge < -0.3 is 19.7 Å². The smallest absolute Gasteiger partial charge is 0.250 e. The Hall–Kier alpha value is -2.60. The van der Waals surface area contributed by atoms with Gasteiger partial charge in [0.05, 0.1) is 12.6 Å². The van der Waals surface area contributed by atoms with Crippen LogP contribution in [0.25, 0.3) is 12.2 Å². The van der Waals surface area contributed by atoms with Crippen molar-refractivity contribution in [1.29, 1.82) is 0 Å². The largest absolute Gasteiger partial charge is 0.493 e. The zero-order valence-electron chi connectivity index (χ0n) is 14.4. The van der Waals surface area contributed by atoms with Crippen molar-refractivity contribution in [3.63, 3.8) is 0 Å². The van der Waals surface area contributed by atoms with Crippen LogP contribution in [0.15, 0.2) is 35.4 Å². The lowest BCUT2D eigenvalue weighted by atomic mass is 9.99. The van der Waals surface area contributed by atoms with Crippen LogP contribution in [-0.4, -0.2) is 23.9 Å². The highest BCUT2D eigenvalue weighted by molar-refractivity contribution is 5.67. The van der Waals surface area contributed by atoms with Crippen LogP contribution in [0.3, 0.4) is 0 Å². The number of nitrogens with zero attached hydrogens (tertiary/aromatic N) is 2. The second-order valence-electron chi connectivity index (χ2n) is 6.16. The molecule has 0 spiro atoms. The fourth-order valence-electron chi connectivity index (χ4n) is 2.96. The van der Waals surface area contributed by atoms with Gasteiger partial charge in [-0.3, -0.25) is 0 Å². The molecule has 0 unspecified atom stereocenters. The van der Waals surface area contributed by atoms with Crippen molar-refractivity contribution in [3.05, 3.63) is 48.1 Å². The Morgan fingerprint density at radius 1 is 1.28 bits per heavy atom.